The van der Waals surface area contributed by atoms with Crippen LogP contribution in [0.3, 0.4) is 0 Å². The number of halogens is 2. The third kappa shape index (κ3) is 3.94. The smallest absolute Gasteiger partial charge is 0.00938 e. The van der Waals surface area contributed by atoms with Crippen molar-refractivity contribution in [3.05, 3.63) is 0 Å². The van der Waals surface area contributed by atoms with Crippen LogP contribution >= 0.6 is 24.8 Å². The molecule has 2 fully saturated rings. The summed E-state index contributed by atoms with van der Waals surface area (Å²) in [5.74, 6) is 0. The Morgan fingerprint density at radius 2 is 1.33 bits per heavy atom. The van der Waals surface area contributed by atoms with Crippen LogP contribution in [-0.4, -0.2) is 25.2 Å². The quantitative estimate of drug-likeness (QED) is 0.723. The van der Waals surface area contributed by atoms with Gasteiger partial charge in [0.1, 0.15) is 0 Å². The lowest BCUT2D eigenvalue weighted by Gasteiger charge is -2.23. The Labute approximate surface area is 86.7 Å². The van der Waals surface area contributed by atoms with Gasteiger partial charge in [-0.2, -0.15) is 0 Å². The van der Waals surface area contributed by atoms with Crippen LogP contribution in [0.2, 0.25) is 0 Å². The highest BCUT2D eigenvalue weighted by Gasteiger charge is 2.24. The summed E-state index contributed by atoms with van der Waals surface area (Å²) in [7, 11) is 0. The van der Waals surface area contributed by atoms with E-state index in [1.165, 1.54) is 38.8 Å². The van der Waals surface area contributed by atoms with E-state index in [1.807, 2.05) is 0 Å². The molecule has 12 heavy (non-hydrogen) atoms. The topological polar surface area (TPSA) is 24.1 Å². The highest BCUT2D eigenvalue weighted by atomic mass is 35.5. The lowest BCUT2D eigenvalue weighted by Crippen LogP contribution is -2.40. The lowest BCUT2D eigenvalue weighted by atomic mass is 10.1. The van der Waals surface area contributed by atoms with Gasteiger partial charge in [-0.05, 0) is 38.8 Å². The zero-order valence-corrected chi connectivity index (χ0v) is 8.85. The highest BCUT2D eigenvalue weighted by Crippen LogP contribution is 2.20. The van der Waals surface area contributed by atoms with E-state index in [1.54, 1.807) is 0 Å². The molecule has 2 rings (SSSR count). The summed E-state index contributed by atoms with van der Waals surface area (Å²) in [4.78, 5) is 0. The summed E-state index contributed by atoms with van der Waals surface area (Å²) < 4.78 is 0. The van der Waals surface area contributed by atoms with Gasteiger partial charge in [0, 0.05) is 12.1 Å². The van der Waals surface area contributed by atoms with E-state index < -0.39 is 0 Å². The van der Waals surface area contributed by atoms with Gasteiger partial charge in [0.05, 0.1) is 0 Å². The van der Waals surface area contributed by atoms with Crippen LogP contribution in [-0.2, 0) is 0 Å². The maximum Gasteiger partial charge on any atom is 0.00938 e. The van der Waals surface area contributed by atoms with Crippen molar-refractivity contribution in [2.24, 2.45) is 0 Å². The Morgan fingerprint density at radius 1 is 0.833 bits per heavy atom. The van der Waals surface area contributed by atoms with Crippen molar-refractivity contribution in [1.82, 2.24) is 10.6 Å². The van der Waals surface area contributed by atoms with E-state index in [0.717, 1.165) is 12.1 Å². The third-order valence-electron chi connectivity index (χ3n) is 2.39. The number of nitrogens with one attached hydrogen (secondary N) is 2. The van der Waals surface area contributed by atoms with Crippen LogP contribution in [0.4, 0.5) is 0 Å². The summed E-state index contributed by atoms with van der Waals surface area (Å²) in [5, 5.41) is 7.02. The van der Waals surface area contributed by atoms with Crippen molar-refractivity contribution in [3.63, 3.8) is 0 Å². The Hall–Kier alpha value is 0.500. The highest BCUT2D eigenvalue weighted by molar-refractivity contribution is 5.85. The molecule has 4 heteroatoms. The summed E-state index contributed by atoms with van der Waals surface area (Å²) in [5.41, 5.74) is 0. The fourth-order valence-electron chi connectivity index (χ4n) is 1.57. The van der Waals surface area contributed by atoms with Crippen molar-refractivity contribution in [2.75, 3.05) is 13.1 Å². The van der Waals surface area contributed by atoms with Crippen LogP contribution in [0, 0.1) is 0 Å². The fourth-order valence-corrected chi connectivity index (χ4v) is 1.57. The molecule has 0 spiro atoms. The summed E-state index contributed by atoms with van der Waals surface area (Å²) in [6, 6.07) is 1.72. The van der Waals surface area contributed by atoms with E-state index in [2.05, 4.69) is 10.6 Å². The lowest BCUT2D eigenvalue weighted by molar-refractivity contribution is 0.385. The van der Waals surface area contributed by atoms with E-state index >= 15 is 0 Å². The van der Waals surface area contributed by atoms with Gasteiger partial charge in [0.25, 0.3) is 0 Å². The summed E-state index contributed by atoms with van der Waals surface area (Å²) in [6.45, 7) is 2.43. The molecule has 0 atom stereocenters. The molecule has 0 amide bonds. The molecule has 0 unspecified atom stereocenters. The first kappa shape index (κ1) is 12.5. The van der Waals surface area contributed by atoms with Crippen LogP contribution < -0.4 is 10.6 Å². The molecule has 2 aliphatic rings. The molecule has 2 nitrogen and oxygen atoms in total. The molecular formula is C8H18Cl2N2. The molecule has 74 valence electrons. The average molecular weight is 213 g/mol. The van der Waals surface area contributed by atoms with Crippen LogP contribution in [0.1, 0.15) is 25.7 Å². The minimum Gasteiger partial charge on any atom is -0.317 e. The Morgan fingerprint density at radius 3 is 1.83 bits per heavy atom. The standard InChI is InChI=1S/C8H16N2.2ClH/c1-2-7(1)10-8-3-5-9-6-4-8;;/h7-10H,1-6H2;2*1H. The zero-order valence-electron chi connectivity index (χ0n) is 7.21. The molecule has 1 heterocycles. The number of rotatable bonds is 2. The second-order valence-electron chi connectivity index (χ2n) is 3.47. The molecule has 0 aromatic heterocycles. The van der Waals surface area contributed by atoms with Crippen molar-refractivity contribution in [2.45, 2.75) is 37.8 Å². The zero-order chi connectivity index (χ0) is 6.81. The maximum atomic E-state index is 3.65. The Bertz CT molecular complexity index is 112. The molecular weight excluding hydrogens is 195 g/mol. The van der Waals surface area contributed by atoms with Gasteiger partial charge < -0.3 is 10.6 Å². The molecule has 1 saturated heterocycles. The van der Waals surface area contributed by atoms with Crippen molar-refractivity contribution in [3.8, 4) is 0 Å². The summed E-state index contributed by atoms with van der Waals surface area (Å²) in [6.07, 6.45) is 5.50. The normalized spacial score (nSPS) is 24.0. The predicted molar refractivity (Wildman–Crippen MR) is 56.5 cm³/mol. The predicted octanol–water partition coefficient (Wildman–Crippen LogP) is 1.33. The SMILES string of the molecule is C1CC(NC2CC2)CCN1.Cl.Cl. The molecule has 1 aliphatic heterocycles. The van der Waals surface area contributed by atoms with E-state index in [9.17, 15) is 0 Å². The minimum absolute atomic E-state index is 0. The van der Waals surface area contributed by atoms with Gasteiger partial charge in [0.2, 0.25) is 0 Å². The van der Waals surface area contributed by atoms with Crippen LogP contribution in [0.5, 0.6) is 0 Å². The molecule has 2 N–H and O–H groups in total. The molecule has 1 saturated carbocycles. The third-order valence-corrected chi connectivity index (χ3v) is 2.39. The molecule has 0 aromatic rings. The van der Waals surface area contributed by atoms with Crippen LogP contribution in [0.25, 0.3) is 0 Å². The monoisotopic (exact) mass is 212 g/mol. The number of piperidine rings is 1. The van der Waals surface area contributed by atoms with Gasteiger partial charge in [-0.3, -0.25) is 0 Å². The molecule has 0 aromatic carbocycles. The van der Waals surface area contributed by atoms with E-state index in [-0.39, 0.29) is 24.8 Å². The first-order chi connectivity index (χ1) is 4.95. The first-order valence-electron chi connectivity index (χ1n) is 4.42. The number of hydrogen-bond acceptors (Lipinski definition) is 2. The maximum absolute atomic E-state index is 3.65. The fraction of sp³-hybridized carbons (Fsp3) is 1.00. The van der Waals surface area contributed by atoms with Crippen molar-refractivity contribution in [1.29, 1.82) is 0 Å². The molecule has 0 bridgehead atoms. The average Bonchev–Trinajstić information content (AvgIpc) is 2.74. The van der Waals surface area contributed by atoms with Gasteiger partial charge in [-0.25, -0.2) is 0 Å². The van der Waals surface area contributed by atoms with E-state index in [0.29, 0.717) is 0 Å². The second-order valence-corrected chi connectivity index (χ2v) is 3.47. The van der Waals surface area contributed by atoms with Crippen molar-refractivity contribution >= 4 is 24.8 Å². The molecule has 0 radical (unpaired) electrons. The van der Waals surface area contributed by atoms with Gasteiger partial charge in [-0.1, -0.05) is 0 Å². The first-order valence-corrected chi connectivity index (χ1v) is 4.42. The van der Waals surface area contributed by atoms with Crippen LogP contribution in [0.15, 0.2) is 0 Å². The van der Waals surface area contributed by atoms with Crippen molar-refractivity contribution < 1.29 is 0 Å². The Balaban J connectivity index is 0.000000605. The van der Waals surface area contributed by atoms with Gasteiger partial charge >= 0.3 is 0 Å². The number of hydrogen-bond donors (Lipinski definition) is 2. The Kier molecular flexibility index (Phi) is 6.28. The summed E-state index contributed by atoms with van der Waals surface area (Å²) >= 11 is 0. The van der Waals surface area contributed by atoms with Gasteiger partial charge in [0.15, 0.2) is 0 Å². The minimum atomic E-state index is 0. The largest absolute Gasteiger partial charge is 0.317 e. The van der Waals surface area contributed by atoms with E-state index in [4.69, 9.17) is 0 Å². The van der Waals surface area contributed by atoms with Gasteiger partial charge in [-0.15, -0.1) is 24.8 Å². The second kappa shape index (κ2) is 6.03. The molecule has 1 aliphatic carbocycles.